The second-order valence-corrected chi connectivity index (χ2v) is 5.96. The average Bonchev–Trinajstić information content (AvgIpc) is 3.03. The first-order valence-electron chi connectivity index (χ1n) is 7.94. The smallest absolute Gasteiger partial charge is 0.272 e. The van der Waals surface area contributed by atoms with E-state index in [0.717, 1.165) is 0 Å². The average molecular weight is 327 g/mol. The molecule has 1 aliphatic rings. The molecule has 0 saturated carbocycles. The standard InChI is InChI=1S/C18H21N3O3/c1-19-16-9-5-8-15(20-16)17(22)21-11-10-18(23,12-21)13-24-14-6-3-2-4-7-14/h2-9,23H,10-13H2,1H3,(H,19,20)/t18-/m1/s1. The highest BCUT2D eigenvalue weighted by Crippen LogP contribution is 2.24. The lowest BCUT2D eigenvalue weighted by molar-refractivity contribution is 0.00425. The van der Waals surface area contributed by atoms with E-state index in [1.165, 1.54) is 0 Å². The fourth-order valence-corrected chi connectivity index (χ4v) is 2.74. The number of para-hydroxylation sites is 1. The van der Waals surface area contributed by atoms with Gasteiger partial charge in [0.25, 0.3) is 5.91 Å². The number of rotatable bonds is 5. The first-order chi connectivity index (χ1) is 11.6. The molecule has 1 saturated heterocycles. The Labute approximate surface area is 141 Å². The molecule has 0 unspecified atom stereocenters. The molecule has 0 aliphatic carbocycles. The van der Waals surface area contributed by atoms with E-state index < -0.39 is 5.60 Å². The topological polar surface area (TPSA) is 74.7 Å². The molecule has 3 rings (SSSR count). The first-order valence-corrected chi connectivity index (χ1v) is 7.94. The number of nitrogens with one attached hydrogen (secondary N) is 1. The molecule has 126 valence electrons. The van der Waals surface area contributed by atoms with Gasteiger partial charge in [-0.1, -0.05) is 24.3 Å². The maximum absolute atomic E-state index is 12.6. The van der Waals surface area contributed by atoms with Crippen molar-refractivity contribution in [2.24, 2.45) is 0 Å². The predicted molar refractivity (Wildman–Crippen MR) is 91.2 cm³/mol. The van der Waals surface area contributed by atoms with Gasteiger partial charge in [0.05, 0.1) is 6.54 Å². The highest BCUT2D eigenvalue weighted by atomic mass is 16.5. The van der Waals surface area contributed by atoms with E-state index in [2.05, 4.69) is 10.3 Å². The fraction of sp³-hybridized carbons (Fsp3) is 0.333. The van der Waals surface area contributed by atoms with Gasteiger partial charge in [-0.3, -0.25) is 4.79 Å². The summed E-state index contributed by atoms with van der Waals surface area (Å²) in [6, 6.07) is 14.6. The highest BCUT2D eigenvalue weighted by molar-refractivity contribution is 5.93. The lowest BCUT2D eigenvalue weighted by atomic mass is 10.1. The minimum atomic E-state index is -1.04. The quantitative estimate of drug-likeness (QED) is 0.875. The molecule has 0 radical (unpaired) electrons. The van der Waals surface area contributed by atoms with Gasteiger partial charge in [0.2, 0.25) is 0 Å². The number of nitrogens with zero attached hydrogens (tertiary/aromatic N) is 2. The number of anilines is 1. The van der Waals surface area contributed by atoms with Crippen LogP contribution in [0.1, 0.15) is 16.9 Å². The number of β-amino-alcohol motifs (C(OH)–C–C–N with tert-alkyl or cyclic N) is 1. The predicted octanol–water partition coefficient (Wildman–Crippen LogP) is 1.78. The number of amides is 1. The van der Waals surface area contributed by atoms with Crippen LogP contribution in [0.4, 0.5) is 5.82 Å². The minimum Gasteiger partial charge on any atom is -0.491 e. The molecule has 0 bridgehead atoms. The molecule has 0 spiro atoms. The summed E-state index contributed by atoms with van der Waals surface area (Å²) in [5.74, 6) is 1.17. The van der Waals surface area contributed by atoms with Gasteiger partial charge in [-0.2, -0.15) is 0 Å². The lowest BCUT2D eigenvalue weighted by Crippen LogP contribution is -2.40. The summed E-state index contributed by atoms with van der Waals surface area (Å²) >= 11 is 0. The van der Waals surface area contributed by atoms with Crippen molar-refractivity contribution in [3.05, 3.63) is 54.2 Å². The van der Waals surface area contributed by atoms with Gasteiger partial charge in [-0.25, -0.2) is 4.98 Å². The van der Waals surface area contributed by atoms with Crippen molar-refractivity contribution >= 4 is 11.7 Å². The van der Waals surface area contributed by atoms with E-state index in [0.29, 0.717) is 30.2 Å². The van der Waals surface area contributed by atoms with Crippen molar-refractivity contribution in [1.29, 1.82) is 0 Å². The van der Waals surface area contributed by atoms with Gasteiger partial charge in [0.1, 0.15) is 29.5 Å². The monoisotopic (exact) mass is 327 g/mol. The second-order valence-electron chi connectivity index (χ2n) is 5.96. The number of likely N-dealkylation sites (tertiary alicyclic amines) is 1. The van der Waals surface area contributed by atoms with Crippen molar-refractivity contribution in [2.45, 2.75) is 12.0 Å². The molecular formula is C18H21N3O3. The van der Waals surface area contributed by atoms with Crippen LogP contribution in [0, 0.1) is 0 Å². The third-order valence-electron chi connectivity index (χ3n) is 4.09. The first kappa shape index (κ1) is 16.3. The number of benzene rings is 1. The molecule has 24 heavy (non-hydrogen) atoms. The van der Waals surface area contributed by atoms with Gasteiger partial charge >= 0.3 is 0 Å². The maximum Gasteiger partial charge on any atom is 0.272 e. The molecule has 1 fully saturated rings. The van der Waals surface area contributed by atoms with Crippen LogP contribution >= 0.6 is 0 Å². The van der Waals surface area contributed by atoms with Crippen molar-refractivity contribution in [3.63, 3.8) is 0 Å². The Morgan fingerprint density at radius 3 is 2.83 bits per heavy atom. The van der Waals surface area contributed by atoms with E-state index in [1.54, 1.807) is 30.1 Å². The van der Waals surface area contributed by atoms with Gasteiger partial charge in [0.15, 0.2) is 0 Å². The van der Waals surface area contributed by atoms with Crippen molar-refractivity contribution in [2.75, 3.05) is 32.1 Å². The number of aromatic nitrogens is 1. The van der Waals surface area contributed by atoms with Crippen molar-refractivity contribution in [1.82, 2.24) is 9.88 Å². The number of hydrogen-bond acceptors (Lipinski definition) is 5. The van der Waals surface area contributed by atoms with E-state index >= 15 is 0 Å². The SMILES string of the molecule is CNc1cccc(C(=O)N2CC[C@](O)(COc3ccccc3)C2)n1. The minimum absolute atomic E-state index is 0.158. The molecule has 1 aromatic carbocycles. The Bertz CT molecular complexity index is 708. The molecule has 2 heterocycles. The molecule has 6 heteroatoms. The summed E-state index contributed by atoms with van der Waals surface area (Å²) in [5.41, 5.74) is -0.665. The normalized spacial score (nSPS) is 20.0. The molecule has 2 N–H and O–H groups in total. The van der Waals surface area contributed by atoms with Crippen LogP contribution in [0.15, 0.2) is 48.5 Å². The lowest BCUT2D eigenvalue weighted by Gasteiger charge is -2.23. The summed E-state index contributed by atoms with van der Waals surface area (Å²) in [6.45, 7) is 0.883. The number of carbonyl (C=O) groups is 1. The number of pyridine rings is 1. The van der Waals surface area contributed by atoms with E-state index in [-0.39, 0.29) is 19.1 Å². The van der Waals surface area contributed by atoms with Crippen LogP contribution in [-0.4, -0.2) is 53.2 Å². The third kappa shape index (κ3) is 3.65. The van der Waals surface area contributed by atoms with Crippen molar-refractivity contribution in [3.8, 4) is 5.75 Å². The summed E-state index contributed by atoms with van der Waals surface area (Å²) in [4.78, 5) is 18.4. The number of carbonyl (C=O) groups excluding carboxylic acids is 1. The molecule has 1 atom stereocenters. The van der Waals surface area contributed by atoms with Gasteiger partial charge in [0, 0.05) is 13.6 Å². The van der Waals surface area contributed by atoms with E-state index in [9.17, 15) is 9.90 Å². The van der Waals surface area contributed by atoms with Crippen LogP contribution < -0.4 is 10.1 Å². The molecule has 2 aromatic rings. The summed E-state index contributed by atoms with van der Waals surface area (Å²) in [6.07, 6.45) is 0.483. The zero-order valence-electron chi connectivity index (χ0n) is 13.6. The molecule has 1 aromatic heterocycles. The van der Waals surface area contributed by atoms with Crippen LogP contribution in [0.25, 0.3) is 0 Å². The number of ether oxygens (including phenoxy) is 1. The van der Waals surface area contributed by atoms with Gasteiger partial charge < -0.3 is 20.1 Å². The van der Waals surface area contributed by atoms with E-state index in [1.807, 2.05) is 30.3 Å². The summed E-state index contributed by atoms with van der Waals surface area (Å²) in [5, 5.41) is 13.6. The number of hydrogen-bond donors (Lipinski definition) is 2. The van der Waals surface area contributed by atoms with Crippen molar-refractivity contribution < 1.29 is 14.6 Å². The van der Waals surface area contributed by atoms with Crippen LogP contribution in [0.3, 0.4) is 0 Å². The molecular weight excluding hydrogens is 306 g/mol. The Morgan fingerprint density at radius 2 is 2.08 bits per heavy atom. The molecule has 6 nitrogen and oxygen atoms in total. The zero-order chi connectivity index (χ0) is 17.0. The van der Waals surface area contributed by atoms with Crippen LogP contribution in [0.2, 0.25) is 0 Å². The second kappa shape index (κ2) is 6.88. The van der Waals surface area contributed by atoms with E-state index in [4.69, 9.17) is 4.74 Å². The van der Waals surface area contributed by atoms with Gasteiger partial charge in [-0.15, -0.1) is 0 Å². The Hall–Kier alpha value is -2.60. The Kier molecular flexibility index (Phi) is 4.66. The third-order valence-corrected chi connectivity index (χ3v) is 4.09. The maximum atomic E-state index is 12.6. The summed E-state index contributed by atoms with van der Waals surface area (Å²) in [7, 11) is 1.76. The fourth-order valence-electron chi connectivity index (χ4n) is 2.74. The highest BCUT2D eigenvalue weighted by Gasteiger charge is 2.39. The number of aliphatic hydroxyl groups is 1. The molecule has 1 amide bonds. The Morgan fingerprint density at radius 1 is 1.29 bits per heavy atom. The zero-order valence-corrected chi connectivity index (χ0v) is 13.6. The largest absolute Gasteiger partial charge is 0.491 e. The van der Waals surface area contributed by atoms with Crippen LogP contribution in [-0.2, 0) is 0 Å². The molecule has 1 aliphatic heterocycles. The van der Waals surface area contributed by atoms with Gasteiger partial charge in [-0.05, 0) is 30.7 Å². The van der Waals surface area contributed by atoms with Crippen LogP contribution in [0.5, 0.6) is 5.75 Å². The summed E-state index contributed by atoms with van der Waals surface area (Å²) < 4.78 is 5.65. The Balaban J connectivity index is 1.62.